The number of guanidine groups is 1. The third kappa shape index (κ3) is 7.40. The second-order valence-electron chi connectivity index (χ2n) is 5.30. The second kappa shape index (κ2) is 11.0. The van der Waals surface area contributed by atoms with Gasteiger partial charge >= 0.3 is 0 Å². The Morgan fingerprint density at radius 2 is 2.14 bits per heavy atom. The molecule has 0 radical (unpaired) electrons. The summed E-state index contributed by atoms with van der Waals surface area (Å²) < 4.78 is 5.08. The molecule has 0 amide bonds. The average Bonchev–Trinajstić information content (AvgIpc) is 2.90. The zero-order chi connectivity index (χ0) is 16.2. The zero-order valence-electron chi connectivity index (χ0n) is 13.9. The molecule has 0 aromatic carbocycles. The maximum Gasteiger partial charge on any atom is 0.228 e. The highest BCUT2D eigenvalue weighted by Crippen LogP contribution is 2.10. The van der Waals surface area contributed by atoms with Gasteiger partial charge in [-0.1, -0.05) is 18.5 Å². The van der Waals surface area contributed by atoms with Crippen molar-refractivity contribution in [2.45, 2.75) is 46.5 Å². The van der Waals surface area contributed by atoms with Crippen LogP contribution in [0.4, 0.5) is 0 Å². The number of rotatable bonds is 10. The van der Waals surface area contributed by atoms with Gasteiger partial charge in [-0.25, -0.2) is 0 Å². The van der Waals surface area contributed by atoms with Gasteiger partial charge in [-0.15, -0.1) is 0 Å². The first-order chi connectivity index (χ1) is 10.7. The number of aliphatic hydroxyl groups excluding tert-OH is 1. The number of nitrogens with one attached hydrogen (secondary N) is 2. The predicted molar refractivity (Wildman–Crippen MR) is 86.8 cm³/mol. The van der Waals surface area contributed by atoms with E-state index < -0.39 is 0 Å². The van der Waals surface area contributed by atoms with E-state index in [1.165, 1.54) is 0 Å². The number of aliphatic hydroxyl groups is 1. The van der Waals surface area contributed by atoms with Gasteiger partial charge < -0.3 is 20.3 Å². The number of aromatic nitrogens is 2. The van der Waals surface area contributed by atoms with Crippen molar-refractivity contribution in [2.24, 2.45) is 10.9 Å². The maximum absolute atomic E-state index is 9.10. The monoisotopic (exact) mass is 311 g/mol. The summed E-state index contributed by atoms with van der Waals surface area (Å²) in [6.45, 7) is 8.45. The van der Waals surface area contributed by atoms with E-state index in [0.717, 1.165) is 38.3 Å². The average molecular weight is 311 g/mol. The lowest BCUT2D eigenvalue weighted by Gasteiger charge is -2.15. The van der Waals surface area contributed by atoms with E-state index in [2.05, 4.69) is 32.7 Å². The predicted octanol–water partition coefficient (Wildman–Crippen LogP) is 1.27. The van der Waals surface area contributed by atoms with Crippen molar-refractivity contribution in [3.63, 3.8) is 0 Å². The second-order valence-corrected chi connectivity index (χ2v) is 5.30. The van der Waals surface area contributed by atoms with Crippen LogP contribution in [0.2, 0.25) is 0 Å². The first kappa shape index (κ1) is 18.4. The van der Waals surface area contributed by atoms with Crippen molar-refractivity contribution in [1.29, 1.82) is 0 Å². The third-order valence-corrected chi connectivity index (χ3v) is 3.29. The minimum Gasteiger partial charge on any atom is -0.396 e. The topological polar surface area (TPSA) is 95.6 Å². The molecule has 1 rings (SSSR count). The molecule has 0 fully saturated rings. The van der Waals surface area contributed by atoms with Crippen LogP contribution in [0.1, 0.15) is 44.8 Å². The molecule has 0 saturated carbocycles. The summed E-state index contributed by atoms with van der Waals surface area (Å²) in [6, 6.07) is 0. The molecule has 7 heteroatoms. The molecule has 3 N–H and O–H groups in total. The van der Waals surface area contributed by atoms with Gasteiger partial charge in [0.25, 0.3) is 0 Å². The lowest BCUT2D eigenvalue weighted by atomic mass is 10.0. The lowest BCUT2D eigenvalue weighted by molar-refractivity contribution is 0.253. The Labute approximate surface area is 132 Å². The Balaban J connectivity index is 2.43. The van der Waals surface area contributed by atoms with Crippen molar-refractivity contribution in [1.82, 2.24) is 20.8 Å². The number of hydrogen-bond acceptors (Lipinski definition) is 5. The molecule has 0 spiro atoms. The van der Waals surface area contributed by atoms with Crippen LogP contribution in [0.25, 0.3) is 0 Å². The molecule has 0 bridgehead atoms. The minimum atomic E-state index is 0.223. The molecule has 1 aromatic rings. The number of aryl methyl sites for hydroxylation is 1. The highest BCUT2D eigenvalue weighted by molar-refractivity contribution is 5.79. The fourth-order valence-corrected chi connectivity index (χ4v) is 2.21. The van der Waals surface area contributed by atoms with Crippen molar-refractivity contribution in [2.75, 3.05) is 26.2 Å². The smallest absolute Gasteiger partial charge is 0.228 e. The molecule has 0 aliphatic rings. The van der Waals surface area contributed by atoms with Crippen molar-refractivity contribution in [3.05, 3.63) is 11.7 Å². The Hall–Kier alpha value is -1.63. The van der Waals surface area contributed by atoms with Gasteiger partial charge in [0.1, 0.15) is 0 Å². The summed E-state index contributed by atoms with van der Waals surface area (Å²) in [4.78, 5) is 8.77. The van der Waals surface area contributed by atoms with Crippen LogP contribution in [0, 0.1) is 12.8 Å². The highest BCUT2D eigenvalue weighted by Gasteiger charge is 2.08. The number of nitrogens with zero attached hydrogens (tertiary/aromatic N) is 3. The molecule has 0 aliphatic heterocycles. The van der Waals surface area contributed by atoms with Crippen LogP contribution in [0.15, 0.2) is 9.52 Å². The molecule has 0 aliphatic carbocycles. The van der Waals surface area contributed by atoms with E-state index in [9.17, 15) is 0 Å². The molecule has 1 aromatic heterocycles. The third-order valence-electron chi connectivity index (χ3n) is 3.29. The molecule has 7 nitrogen and oxygen atoms in total. The summed E-state index contributed by atoms with van der Waals surface area (Å²) in [7, 11) is 0. The van der Waals surface area contributed by atoms with Gasteiger partial charge in [-0.2, -0.15) is 4.98 Å². The molecular weight excluding hydrogens is 282 g/mol. The number of hydrogen-bond donors (Lipinski definition) is 3. The molecule has 22 heavy (non-hydrogen) atoms. The van der Waals surface area contributed by atoms with E-state index in [-0.39, 0.29) is 6.61 Å². The van der Waals surface area contributed by atoms with Gasteiger partial charge in [0, 0.05) is 32.7 Å². The molecule has 1 heterocycles. The molecule has 1 atom stereocenters. The van der Waals surface area contributed by atoms with Gasteiger partial charge in [0.05, 0.1) is 0 Å². The van der Waals surface area contributed by atoms with E-state index in [1.54, 1.807) is 6.92 Å². The minimum absolute atomic E-state index is 0.223. The van der Waals surface area contributed by atoms with Crippen LogP contribution in [0.3, 0.4) is 0 Å². The summed E-state index contributed by atoms with van der Waals surface area (Å²) in [5.41, 5.74) is 0. The Bertz CT molecular complexity index is 427. The quantitative estimate of drug-likeness (QED) is 0.445. The Morgan fingerprint density at radius 1 is 1.32 bits per heavy atom. The summed E-state index contributed by atoms with van der Waals surface area (Å²) in [5.74, 6) is 2.51. The summed E-state index contributed by atoms with van der Waals surface area (Å²) in [5, 5.41) is 19.4. The fraction of sp³-hybridized carbons (Fsp3) is 0.800. The van der Waals surface area contributed by atoms with Crippen LogP contribution < -0.4 is 10.6 Å². The largest absolute Gasteiger partial charge is 0.396 e. The van der Waals surface area contributed by atoms with E-state index in [1.807, 2.05) is 6.92 Å². The SMILES string of the molecule is CCCC(CCO)CN=C(NCC)NCCc1nc(C)no1. The maximum atomic E-state index is 9.10. The molecule has 126 valence electrons. The van der Waals surface area contributed by atoms with Crippen LogP contribution in [-0.4, -0.2) is 47.4 Å². The highest BCUT2D eigenvalue weighted by atomic mass is 16.5. The van der Waals surface area contributed by atoms with E-state index in [0.29, 0.717) is 30.6 Å². The van der Waals surface area contributed by atoms with Gasteiger partial charge in [0.15, 0.2) is 11.8 Å². The van der Waals surface area contributed by atoms with Crippen molar-refractivity contribution >= 4 is 5.96 Å². The Morgan fingerprint density at radius 3 is 2.73 bits per heavy atom. The van der Waals surface area contributed by atoms with Gasteiger partial charge in [-0.05, 0) is 32.6 Å². The normalized spacial score (nSPS) is 13.2. The number of aliphatic imine (C=N–C) groups is 1. The zero-order valence-corrected chi connectivity index (χ0v) is 13.9. The molecular formula is C15H29N5O2. The molecule has 1 unspecified atom stereocenters. The van der Waals surface area contributed by atoms with E-state index >= 15 is 0 Å². The van der Waals surface area contributed by atoms with Crippen molar-refractivity contribution < 1.29 is 9.63 Å². The van der Waals surface area contributed by atoms with E-state index in [4.69, 9.17) is 9.63 Å². The molecule has 0 saturated heterocycles. The standard InChI is InChI=1S/C15H29N5O2/c1-4-6-13(8-10-21)11-18-15(16-5-2)17-9-7-14-19-12(3)20-22-14/h13,21H,4-11H2,1-3H3,(H2,16,17,18). The first-order valence-corrected chi connectivity index (χ1v) is 8.11. The summed E-state index contributed by atoms with van der Waals surface area (Å²) >= 11 is 0. The Kier molecular flexibility index (Phi) is 9.21. The van der Waals surface area contributed by atoms with Crippen LogP contribution >= 0.6 is 0 Å². The van der Waals surface area contributed by atoms with Crippen LogP contribution in [-0.2, 0) is 6.42 Å². The van der Waals surface area contributed by atoms with Crippen molar-refractivity contribution in [3.8, 4) is 0 Å². The summed E-state index contributed by atoms with van der Waals surface area (Å²) in [6.07, 6.45) is 3.67. The van der Waals surface area contributed by atoms with Crippen LogP contribution in [0.5, 0.6) is 0 Å². The first-order valence-electron chi connectivity index (χ1n) is 8.11. The van der Waals surface area contributed by atoms with Gasteiger partial charge in [-0.3, -0.25) is 4.99 Å². The fourth-order valence-electron chi connectivity index (χ4n) is 2.21. The van der Waals surface area contributed by atoms with Gasteiger partial charge in [0.2, 0.25) is 5.89 Å². The lowest BCUT2D eigenvalue weighted by Crippen LogP contribution is -2.38.